The second-order valence-corrected chi connectivity index (χ2v) is 6.66. The van der Waals surface area contributed by atoms with Gasteiger partial charge in [-0.25, -0.2) is 0 Å². The quantitative estimate of drug-likeness (QED) is 0.868. The summed E-state index contributed by atoms with van der Waals surface area (Å²) < 4.78 is 0. The summed E-state index contributed by atoms with van der Waals surface area (Å²) in [6.45, 7) is 4.50. The van der Waals surface area contributed by atoms with Gasteiger partial charge >= 0.3 is 0 Å². The van der Waals surface area contributed by atoms with Gasteiger partial charge in [0.05, 0.1) is 5.41 Å². The molecule has 1 aliphatic carbocycles. The molecule has 110 valence electrons. The van der Waals surface area contributed by atoms with Gasteiger partial charge < -0.3 is 10.4 Å². The van der Waals surface area contributed by atoms with Crippen LogP contribution in [0.15, 0.2) is 30.3 Å². The fourth-order valence-electron chi connectivity index (χ4n) is 2.93. The molecule has 1 amide bonds. The Hall–Kier alpha value is -1.35. The molecule has 0 heterocycles. The van der Waals surface area contributed by atoms with E-state index >= 15 is 0 Å². The Balaban J connectivity index is 2.15. The summed E-state index contributed by atoms with van der Waals surface area (Å²) in [4.78, 5) is 12.7. The summed E-state index contributed by atoms with van der Waals surface area (Å²) in [5.41, 5.74) is 0.482. The first kappa shape index (κ1) is 15.0. The molecule has 0 unspecified atom stereocenters. The van der Waals surface area contributed by atoms with Gasteiger partial charge in [-0.05, 0) is 18.4 Å². The zero-order chi connectivity index (χ0) is 14.6. The van der Waals surface area contributed by atoms with E-state index < -0.39 is 0 Å². The lowest BCUT2D eigenvalue weighted by Gasteiger charge is -2.31. The summed E-state index contributed by atoms with van der Waals surface area (Å²) in [6.07, 6.45) is 4.04. The maximum atomic E-state index is 12.7. The third kappa shape index (κ3) is 3.04. The van der Waals surface area contributed by atoms with Gasteiger partial charge in [0, 0.05) is 18.6 Å². The van der Waals surface area contributed by atoms with Crippen LogP contribution < -0.4 is 5.32 Å². The molecule has 0 saturated heterocycles. The second-order valence-electron chi connectivity index (χ2n) is 6.66. The van der Waals surface area contributed by atoms with Crippen LogP contribution in [-0.4, -0.2) is 24.2 Å². The number of aliphatic hydroxyl groups is 1. The van der Waals surface area contributed by atoms with Gasteiger partial charge in [0.15, 0.2) is 0 Å². The fourth-order valence-corrected chi connectivity index (χ4v) is 2.93. The highest BCUT2D eigenvalue weighted by molar-refractivity contribution is 5.88. The highest BCUT2D eigenvalue weighted by atomic mass is 16.3. The molecule has 1 aromatic carbocycles. The van der Waals surface area contributed by atoms with Crippen molar-refractivity contribution in [1.82, 2.24) is 5.32 Å². The van der Waals surface area contributed by atoms with Gasteiger partial charge in [-0.15, -0.1) is 0 Å². The number of carbonyl (C=O) groups excluding carboxylic acids is 1. The normalized spacial score (nSPS) is 17.9. The molecule has 0 radical (unpaired) electrons. The van der Waals surface area contributed by atoms with Gasteiger partial charge in [0.2, 0.25) is 5.91 Å². The number of hydrogen-bond acceptors (Lipinski definition) is 2. The van der Waals surface area contributed by atoms with Crippen molar-refractivity contribution >= 4 is 5.91 Å². The number of amides is 1. The Morgan fingerprint density at radius 2 is 1.85 bits per heavy atom. The molecule has 0 aromatic heterocycles. The number of rotatable bonds is 5. The van der Waals surface area contributed by atoms with Crippen LogP contribution in [0.25, 0.3) is 0 Å². The van der Waals surface area contributed by atoms with E-state index in [1.807, 2.05) is 32.0 Å². The lowest BCUT2D eigenvalue weighted by molar-refractivity contribution is -0.127. The summed E-state index contributed by atoms with van der Waals surface area (Å²) in [5, 5.41) is 12.4. The van der Waals surface area contributed by atoms with Crippen molar-refractivity contribution in [1.29, 1.82) is 0 Å². The van der Waals surface area contributed by atoms with E-state index in [2.05, 4.69) is 17.4 Å². The Morgan fingerprint density at radius 3 is 2.40 bits per heavy atom. The Bertz CT molecular complexity index is 447. The minimum Gasteiger partial charge on any atom is -0.396 e. The van der Waals surface area contributed by atoms with E-state index in [4.69, 9.17) is 0 Å². The van der Waals surface area contributed by atoms with Crippen molar-refractivity contribution in [3.05, 3.63) is 35.9 Å². The summed E-state index contributed by atoms with van der Waals surface area (Å²) in [6, 6.07) is 10.1. The number of hydrogen-bond donors (Lipinski definition) is 2. The largest absolute Gasteiger partial charge is 0.396 e. The molecule has 0 aliphatic heterocycles. The zero-order valence-electron chi connectivity index (χ0n) is 12.5. The van der Waals surface area contributed by atoms with Crippen LogP contribution >= 0.6 is 0 Å². The molecule has 2 rings (SSSR count). The molecule has 0 bridgehead atoms. The van der Waals surface area contributed by atoms with Gasteiger partial charge in [0.25, 0.3) is 0 Å². The average molecular weight is 275 g/mol. The van der Waals surface area contributed by atoms with Crippen molar-refractivity contribution in [3.8, 4) is 0 Å². The number of nitrogens with one attached hydrogen (secondary N) is 1. The molecule has 0 spiro atoms. The summed E-state index contributed by atoms with van der Waals surface area (Å²) >= 11 is 0. The first-order valence-electron chi connectivity index (χ1n) is 7.45. The van der Waals surface area contributed by atoms with Crippen LogP contribution in [0.4, 0.5) is 0 Å². The molecule has 20 heavy (non-hydrogen) atoms. The molecule has 3 heteroatoms. The molecule has 1 saturated carbocycles. The van der Waals surface area contributed by atoms with Crippen molar-refractivity contribution in [3.63, 3.8) is 0 Å². The third-order valence-corrected chi connectivity index (χ3v) is 4.37. The minimum absolute atomic E-state index is 0.0750. The minimum atomic E-state index is -0.368. The van der Waals surface area contributed by atoms with E-state index in [0.717, 1.165) is 31.2 Å². The molecule has 1 fully saturated rings. The first-order chi connectivity index (χ1) is 9.50. The second kappa shape index (κ2) is 5.96. The van der Waals surface area contributed by atoms with E-state index in [0.29, 0.717) is 6.54 Å². The van der Waals surface area contributed by atoms with Crippen molar-refractivity contribution in [2.75, 3.05) is 13.2 Å². The van der Waals surface area contributed by atoms with Crippen LogP contribution in [0.1, 0.15) is 45.1 Å². The first-order valence-corrected chi connectivity index (χ1v) is 7.45. The highest BCUT2D eigenvalue weighted by Crippen LogP contribution is 2.41. The topological polar surface area (TPSA) is 49.3 Å². The predicted molar refractivity (Wildman–Crippen MR) is 80.5 cm³/mol. The number of aliphatic hydroxyl groups excluding tert-OH is 1. The number of benzene rings is 1. The third-order valence-electron chi connectivity index (χ3n) is 4.37. The van der Waals surface area contributed by atoms with Gasteiger partial charge in [0.1, 0.15) is 0 Å². The van der Waals surface area contributed by atoms with Gasteiger partial charge in [-0.1, -0.05) is 57.0 Å². The SMILES string of the molecule is CC(C)(CO)CNC(=O)C1(c2ccccc2)CCCC1. The average Bonchev–Trinajstić information content (AvgIpc) is 2.97. The summed E-state index contributed by atoms with van der Waals surface area (Å²) in [5.74, 6) is 0.114. The molecule has 0 atom stereocenters. The zero-order valence-corrected chi connectivity index (χ0v) is 12.5. The van der Waals surface area contributed by atoms with E-state index in [-0.39, 0.29) is 23.3 Å². The molecule has 1 aromatic rings. The van der Waals surface area contributed by atoms with Crippen LogP contribution in [0.3, 0.4) is 0 Å². The number of carbonyl (C=O) groups is 1. The lowest BCUT2D eigenvalue weighted by Crippen LogP contribution is -2.46. The van der Waals surface area contributed by atoms with E-state index in [1.54, 1.807) is 0 Å². The van der Waals surface area contributed by atoms with E-state index in [1.165, 1.54) is 0 Å². The highest BCUT2D eigenvalue weighted by Gasteiger charge is 2.42. The van der Waals surface area contributed by atoms with Crippen LogP contribution in [0.2, 0.25) is 0 Å². The van der Waals surface area contributed by atoms with Crippen LogP contribution in [-0.2, 0) is 10.2 Å². The molecular weight excluding hydrogens is 250 g/mol. The maximum absolute atomic E-state index is 12.7. The van der Waals surface area contributed by atoms with Crippen LogP contribution in [0.5, 0.6) is 0 Å². The smallest absolute Gasteiger partial charge is 0.230 e. The maximum Gasteiger partial charge on any atom is 0.230 e. The van der Waals surface area contributed by atoms with Crippen molar-refractivity contribution in [2.24, 2.45) is 5.41 Å². The predicted octanol–water partition coefficient (Wildman–Crippen LogP) is 2.63. The van der Waals surface area contributed by atoms with Crippen molar-refractivity contribution in [2.45, 2.75) is 44.9 Å². The molecule has 3 nitrogen and oxygen atoms in total. The van der Waals surface area contributed by atoms with E-state index in [9.17, 15) is 9.90 Å². The molecular formula is C17H25NO2. The monoisotopic (exact) mass is 275 g/mol. The standard InChI is InChI=1S/C17H25NO2/c1-16(2,13-19)12-18-15(20)17(10-6-7-11-17)14-8-4-3-5-9-14/h3-5,8-9,19H,6-7,10-13H2,1-2H3,(H,18,20). The van der Waals surface area contributed by atoms with Crippen molar-refractivity contribution < 1.29 is 9.90 Å². The Kier molecular flexibility index (Phi) is 4.48. The van der Waals surface area contributed by atoms with Crippen LogP contribution in [0, 0.1) is 5.41 Å². The Labute approximate surface area is 121 Å². The van der Waals surface area contributed by atoms with Gasteiger partial charge in [-0.3, -0.25) is 4.79 Å². The molecule has 1 aliphatic rings. The Morgan fingerprint density at radius 1 is 1.25 bits per heavy atom. The molecule has 2 N–H and O–H groups in total. The van der Waals surface area contributed by atoms with Gasteiger partial charge in [-0.2, -0.15) is 0 Å². The fraction of sp³-hybridized carbons (Fsp3) is 0.588. The lowest BCUT2D eigenvalue weighted by atomic mass is 9.77. The summed E-state index contributed by atoms with van der Waals surface area (Å²) in [7, 11) is 0.